The van der Waals surface area contributed by atoms with Crippen LogP contribution in [-0.4, -0.2) is 49.0 Å². The van der Waals surface area contributed by atoms with E-state index in [1.54, 1.807) is 0 Å². The van der Waals surface area contributed by atoms with Gasteiger partial charge in [-0.25, -0.2) is 16.8 Å². The second-order valence-electron chi connectivity index (χ2n) is 10.7. The van der Waals surface area contributed by atoms with Crippen molar-refractivity contribution in [1.82, 2.24) is 0 Å². The predicted octanol–water partition coefficient (Wildman–Crippen LogP) is -3.68. The summed E-state index contributed by atoms with van der Waals surface area (Å²) in [4.78, 5) is 23.7. The van der Waals surface area contributed by atoms with E-state index in [0.29, 0.717) is 25.7 Å². The first-order valence-corrected chi connectivity index (χ1v) is 13.5. The molecule has 4 rings (SSSR count). The average molecular weight is 642 g/mol. The second-order valence-corrected chi connectivity index (χ2v) is 13.5. The number of hydrogen-bond acceptors (Lipinski definition) is 8. The SMILES string of the molecule is CC1(C)[C@@H]2CC[C@@]1(CS(=O)(=O)[O-])C(=O)C2.CC1(C)[C@@H]2CC[C@@]1(CS(=O)(=O)[O-])C(=O)C2.[OH3+].[OH3+].[OH3+].[OH3+].[OH3+].[OH3+].[Zn+2]. The van der Waals surface area contributed by atoms with E-state index in [2.05, 4.69) is 0 Å². The minimum absolute atomic E-state index is 0. The van der Waals surface area contributed by atoms with Crippen molar-refractivity contribution in [3.63, 3.8) is 0 Å². The van der Waals surface area contributed by atoms with Crippen molar-refractivity contribution < 1.29 is 87.9 Å². The van der Waals surface area contributed by atoms with E-state index < -0.39 is 42.6 Å². The number of ketones is 2. The molecule has 0 radical (unpaired) electrons. The number of fused-ring (bicyclic) bond motifs is 4. The van der Waals surface area contributed by atoms with Crippen LogP contribution in [0.3, 0.4) is 0 Å². The van der Waals surface area contributed by atoms with Crippen molar-refractivity contribution in [2.24, 2.45) is 33.5 Å². The summed E-state index contributed by atoms with van der Waals surface area (Å²) in [6.45, 7) is 7.67. The molecule has 4 fully saturated rings. The fourth-order valence-electron chi connectivity index (χ4n) is 6.82. The zero-order valence-corrected chi connectivity index (χ0v) is 26.7. The van der Waals surface area contributed by atoms with Crippen molar-refractivity contribution in [3.8, 4) is 0 Å². The molecule has 18 N–H and O–H groups in total. The molecule has 4 bridgehead atoms. The van der Waals surface area contributed by atoms with Crippen molar-refractivity contribution in [3.05, 3.63) is 0 Å². The van der Waals surface area contributed by atoms with Gasteiger partial charge in [0.1, 0.15) is 11.6 Å². The molecule has 4 aliphatic carbocycles. The van der Waals surface area contributed by atoms with Gasteiger partial charge in [-0.1, -0.05) is 27.7 Å². The van der Waals surface area contributed by atoms with E-state index in [1.807, 2.05) is 27.7 Å². The van der Waals surface area contributed by atoms with Crippen molar-refractivity contribution in [1.29, 1.82) is 0 Å². The topological polar surface area (TPSA) is 347 Å². The van der Waals surface area contributed by atoms with Crippen LogP contribution in [0, 0.1) is 33.5 Å². The molecule has 37 heavy (non-hydrogen) atoms. The molecule has 0 heterocycles. The van der Waals surface area contributed by atoms with E-state index in [9.17, 15) is 35.5 Å². The van der Waals surface area contributed by atoms with Gasteiger partial charge in [-0.05, 0) is 48.3 Å². The summed E-state index contributed by atoms with van der Waals surface area (Å²) >= 11 is 0. The van der Waals surface area contributed by atoms with E-state index in [1.165, 1.54) is 0 Å². The van der Waals surface area contributed by atoms with Gasteiger partial charge in [0.15, 0.2) is 0 Å². The van der Waals surface area contributed by atoms with Crippen LogP contribution in [0.15, 0.2) is 0 Å². The molecule has 0 spiro atoms. The zero-order valence-electron chi connectivity index (χ0n) is 22.1. The van der Waals surface area contributed by atoms with Crippen LogP contribution in [-0.2, 0) is 82.2 Å². The van der Waals surface area contributed by atoms with E-state index in [0.717, 1.165) is 12.8 Å². The normalized spacial score (nSPS) is 31.3. The van der Waals surface area contributed by atoms with Crippen LogP contribution in [0.1, 0.15) is 66.2 Å². The Morgan fingerprint density at radius 2 is 0.892 bits per heavy atom. The third kappa shape index (κ3) is 7.39. The largest absolute Gasteiger partial charge is 2.00 e. The molecule has 0 aromatic carbocycles. The van der Waals surface area contributed by atoms with Gasteiger partial charge in [-0.15, -0.1) is 0 Å². The van der Waals surface area contributed by atoms with Crippen LogP contribution < -0.4 is 0 Å². The molecule has 17 heteroatoms. The van der Waals surface area contributed by atoms with Crippen LogP contribution in [0.25, 0.3) is 0 Å². The summed E-state index contributed by atoms with van der Waals surface area (Å²) in [5.41, 5.74) is -2.44. The molecule has 0 amide bonds. The Morgan fingerprint density at radius 3 is 1.03 bits per heavy atom. The molecule has 4 aliphatic rings. The maximum absolute atomic E-state index is 11.8. The van der Waals surface area contributed by atoms with Crippen molar-refractivity contribution >= 4 is 31.8 Å². The standard InChI is InChI=1S/2C10H16O4S.6H2O.Zn/c2*1-9(2)7-3-4-10(9,8(11)5-7)6-15(12,13)14;;;;;;;/h2*7H,3-6H2,1-2H3,(H,12,13,14);6*1H2;/q;;;;;;;;+2/p+4/t2*7-,10-;;;;;;;/m11......./s1. The zero-order chi connectivity index (χ0) is 23.0. The first kappa shape index (κ1) is 46.4. The molecule has 220 valence electrons. The number of hydrogen-bond donors (Lipinski definition) is 0. The number of carbonyl (C=O) groups excluding carboxylic acids is 2. The first-order chi connectivity index (χ1) is 13.4. The summed E-state index contributed by atoms with van der Waals surface area (Å²) in [5.74, 6) is -0.560. The minimum Gasteiger partial charge on any atom is -0.748 e. The molecule has 0 aliphatic heterocycles. The Hall–Kier alpha value is -0.457. The van der Waals surface area contributed by atoms with Crippen molar-refractivity contribution in [2.75, 3.05) is 11.5 Å². The maximum atomic E-state index is 11.8. The van der Waals surface area contributed by atoms with Gasteiger partial charge in [0, 0.05) is 23.7 Å². The van der Waals surface area contributed by atoms with Crippen LogP contribution >= 0.6 is 0 Å². The van der Waals surface area contributed by atoms with Gasteiger partial charge in [0.05, 0.1) is 31.7 Å². The van der Waals surface area contributed by atoms with Crippen LogP contribution in [0.5, 0.6) is 0 Å². The van der Waals surface area contributed by atoms with Crippen molar-refractivity contribution in [2.45, 2.75) is 66.2 Å². The summed E-state index contributed by atoms with van der Waals surface area (Å²) < 4.78 is 65.4. The predicted molar refractivity (Wildman–Crippen MR) is 135 cm³/mol. The summed E-state index contributed by atoms with van der Waals surface area (Å²) in [7, 11) is -8.65. The van der Waals surface area contributed by atoms with Crippen LogP contribution in [0.2, 0.25) is 0 Å². The second kappa shape index (κ2) is 13.7. The van der Waals surface area contributed by atoms with E-state index in [4.69, 9.17) is 0 Å². The Kier molecular flexibility index (Phi) is 17.2. The Balaban J connectivity index is -0.000000155. The van der Waals surface area contributed by atoms with Gasteiger partial charge in [0.25, 0.3) is 0 Å². The Bertz CT molecular complexity index is 915. The smallest absolute Gasteiger partial charge is 0.748 e. The van der Waals surface area contributed by atoms with Gasteiger partial charge in [0.2, 0.25) is 0 Å². The summed E-state index contributed by atoms with van der Waals surface area (Å²) in [5, 5.41) is 0. The summed E-state index contributed by atoms with van der Waals surface area (Å²) in [6, 6.07) is 0. The molecule has 0 aromatic rings. The minimum atomic E-state index is -4.33. The third-order valence-electron chi connectivity index (χ3n) is 9.12. The maximum Gasteiger partial charge on any atom is 2.00 e. The molecule has 4 atom stereocenters. The fraction of sp³-hybridized carbons (Fsp3) is 0.900. The van der Waals surface area contributed by atoms with E-state index >= 15 is 0 Å². The van der Waals surface area contributed by atoms with Crippen LogP contribution in [0.4, 0.5) is 0 Å². The molecular formula is C20H48O14S2Zn+6. The quantitative estimate of drug-likeness (QED) is 0.166. The molecule has 0 saturated heterocycles. The molecule has 0 aromatic heterocycles. The van der Waals surface area contributed by atoms with Gasteiger partial charge in [-0.2, -0.15) is 0 Å². The van der Waals surface area contributed by atoms with Gasteiger partial charge >= 0.3 is 19.5 Å². The van der Waals surface area contributed by atoms with Gasteiger partial charge in [-0.3, -0.25) is 9.59 Å². The monoisotopic (exact) mass is 640 g/mol. The number of rotatable bonds is 4. The molecule has 14 nitrogen and oxygen atoms in total. The average Bonchev–Trinajstić information content (AvgIpc) is 3.05. The summed E-state index contributed by atoms with van der Waals surface area (Å²) in [6.07, 6.45) is 3.75. The molecule has 4 saturated carbocycles. The van der Waals surface area contributed by atoms with Gasteiger partial charge < -0.3 is 42.0 Å². The number of Topliss-reactive ketones (excluding diaryl/α,β-unsaturated/α-hetero) is 2. The Labute approximate surface area is 230 Å². The Morgan fingerprint density at radius 1 is 0.649 bits per heavy atom. The first-order valence-electron chi connectivity index (χ1n) is 10.3. The number of carbonyl (C=O) groups is 2. The fourth-order valence-corrected chi connectivity index (χ4v) is 9.38. The third-order valence-corrected chi connectivity index (χ3v) is 10.8. The molecular weight excluding hydrogens is 594 g/mol. The molecule has 0 unspecified atom stereocenters. The van der Waals surface area contributed by atoms with E-state index in [-0.39, 0.29) is 86.6 Å².